The average Bonchev–Trinajstić information content (AvgIpc) is 2.98. The van der Waals surface area contributed by atoms with Gasteiger partial charge in [-0.05, 0) is 49.4 Å². The van der Waals surface area contributed by atoms with Gasteiger partial charge in [0.15, 0.2) is 0 Å². The number of hydrogen-bond acceptors (Lipinski definition) is 3. The van der Waals surface area contributed by atoms with Crippen molar-refractivity contribution in [2.45, 2.75) is 52.6 Å². The fraction of sp³-hybridized carbons (Fsp3) is 0.636. The third kappa shape index (κ3) is 4.89. The van der Waals surface area contributed by atoms with E-state index in [9.17, 15) is 9.59 Å². The number of piperidine rings is 1. The van der Waals surface area contributed by atoms with E-state index in [2.05, 4.69) is 22.0 Å². The van der Waals surface area contributed by atoms with E-state index < -0.39 is 0 Å². The summed E-state index contributed by atoms with van der Waals surface area (Å²) in [7, 11) is 0. The number of hydrogen-bond donors (Lipinski definition) is 1. The van der Waals surface area contributed by atoms with Gasteiger partial charge in [0.05, 0.1) is 0 Å². The summed E-state index contributed by atoms with van der Waals surface area (Å²) in [5.41, 5.74) is 1.77. The number of carbonyl (C=O) groups is 2. The van der Waals surface area contributed by atoms with Gasteiger partial charge in [-0.1, -0.05) is 32.9 Å². The van der Waals surface area contributed by atoms with Gasteiger partial charge < -0.3 is 10.2 Å². The highest BCUT2D eigenvalue weighted by molar-refractivity contribution is 5.94. The number of nitrogens with zero attached hydrogens (tertiary/aromatic N) is 2. The smallest absolute Gasteiger partial charge is 0.253 e. The molecule has 0 saturated carbocycles. The molecule has 5 nitrogen and oxygen atoms in total. The van der Waals surface area contributed by atoms with Crippen LogP contribution in [0.2, 0.25) is 0 Å². The minimum Gasteiger partial charge on any atom is -0.352 e. The van der Waals surface area contributed by atoms with E-state index in [-0.39, 0.29) is 17.7 Å². The Labute approximate surface area is 163 Å². The molecule has 2 atom stereocenters. The molecule has 3 heterocycles. The van der Waals surface area contributed by atoms with Crippen molar-refractivity contribution in [3.63, 3.8) is 0 Å². The summed E-state index contributed by atoms with van der Waals surface area (Å²) in [6.07, 6.45) is 3.62. The summed E-state index contributed by atoms with van der Waals surface area (Å²) in [6, 6.07) is 8.21. The number of rotatable bonds is 6. The highest BCUT2D eigenvalue weighted by Crippen LogP contribution is 2.28. The van der Waals surface area contributed by atoms with Crippen molar-refractivity contribution in [3.8, 4) is 0 Å². The van der Waals surface area contributed by atoms with E-state index in [4.69, 9.17) is 0 Å². The van der Waals surface area contributed by atoms with Gasteiger partial charge in [0.25, 0.3) is 5.91 Å². The van der Waals surface area contributed by atoms with Crippen LogP contribution in [0, 0.1) is 11.8 Å². The molecule has 0 aromatic heterocycles. The zero-order valence-electron chi connectivity index (χ0n) is 16.9. The van der Waals surface area contributed by atoms with Gasteiger partial charge in [0.2, 0.25) is 5.91 Å². The molecule has 0 spiro atoms. The molecule has 1 aromatic carbocycles. The Balaban J connectivity index is 1.61. The van der Waals surface area contributed by atoms with Crippen LogP contribution in [0.15, 0.2) is 24.3 Å². The maximum Gasteiger partial charge on any atom is 0.253 e. The Hall–Kier alpha value is -1.88. The van der Waals surface area contributed by atoms with Gasteiger partial charge in [0.1, 0.15) is 0 Å². The fourth-order valence-electron chi connectivity index (χ4n) is 4.25. The van der Waals surface area contributed by atoms with Crippen molar-refractivity contribution in [3.05, 3.63) is 35.4 Å². The lowest BCUT2D eigenvalue weighted by Crippen LogP contribution is -2.44. The second-order valence-corrected chi connectivity index (χ2v) is 8.37. The number of fused-ring (bicyclic) bond motifs is 4. The van der Waals surface area contributed by atoms with Crippen LogP contribution in [0.1, 0.15) is 56.0 Å². The summed E-state index contributed by atoms with van der Waals surface area (Å²) in [5.74, 6) is 0.774. The van der Waals surface area contributed by atoms with Crippen LogP contribution in [-0.2, 0) is 11.3 Å². The lowest BCUT2D eigenvalue weighted by Gasteiger charge is -2.35. The molecule has 3 aliphatic rings. The molecule has 0 unspecified atom stereocenters. The maximum atomic E-state index is 13.0. The minimum absolute atomic E-state index is 0.0171. The van der Waals surface area contributed by atoms with Crippen LogP contribution in [0.25, 0.3) is 0 Å². The molecule has 3 aliphatic heterocycles. The van der Waals surface area contributed by atoms with Crippen molar-refractivity contribution in [2.75, 3.05) is 26.2 Å². The molecule has 3 fully saturated rings. The number of carbonyl (C=O) groups excluding carboxylic acids is 2. The average molecular weight is 372 g/mol. The molecule has 5 heteroatoms. The molecular formula is C22H33N3O2. The summed E-state index contributed by atoms with van der Waals surface area (Å²) in [6.45, 7) is 10.5. The van der Waals surface area contributed by atoms with Gasteiger partial charge in [-0.2, -0.15) is 0 Å². The largest absolute Gasteiger partial charge is 0.352 e. The lowest BCUT2D eigenvalue weighted by molar-refractivity contribution is -0.124. The predicted molar refractivity (Wildman–Crippen MR) is 107 cm³/mol. The standard InChI is InChI=1S/C22H33N3O2/c1-4-11-24-13-18-7-10-20(24)15-25(14-18)22(27)19-8-5-17(6-9-19)12-23-21(26)16(2)3/h5-6,8-9,16,18,20H,4,7,10-15H2,1-3H3,(H,23,26)/t18-,20-/m1/s1. The molecule has 4 rings (SSSR count). The number of nitrogens with one attached hydrogen (secondary N) is 1. The Bertz CT molecular complexity index is 656. The van der Waals surface area contributed by atoms with Crippen LogP contribution < -0.4 is 5.32 Å². The number of benzene rings is 1. The van der Waals surface area contributed by atoms with Crippen molar-refractivity contribution in [1.29, 1.82) is 0 Å². The highest BCUT2D eigenvalue weighted by Gasteiger charge is 2.36. The van der Waals surface area contributed by atoms with Gasteiger partial charge in [0, 0.05) is 43.7 Å². The zero-order chi connectivity index (χ0) is 19.4. The van der Waals surface area contributed by atoms with E-state index in [0.29, 0.717) is 18.5 Å². The van der Waals surface area contributed by atoms with Gasteiger partial charge >= 0.3 is 0 Å². The van der Waals surface area contributed by atoms with Crippen LogP contribution in [0.4, 0.5) is 0 Å². The quantitative estimate of drug-likeness (QED) is 0.837. The van der Waals surface area contributed by atoms with E-state index >= 15 is 0 Å². The van der Waals surface area contributed by atoms with Gasteiger partial charge in [-0.25, -0.2) is 0 Å². The molecule has 2 amide bonds. The molecule has 2 bridgehead atoms. The zero-order valence-corrected chi connectivity index (χ0v) is 16.9. The Morgan fingerprint density at radius 3 is 2.52 bits per heavy atom. The monoisotopic (exact) mass is 371 g/mol. The van der Waals surface area contributed by atoms with E-state index in [1.165, 1.54) is 19.3 Å². The molecule has 27 heavy (non-hydrogen) atoms. The molecule has 0 aliphatic carbocycles. The molecule has 3 saturated heterocycles. The van der Waals surface area contributed by atoms with Gasteiger partial charge in [-0.3, -0.25) is 14.5 Å². The molecule has 1 N–H and O–H groups in total. The first kappa shape index (κ1) is 19.9. The second-order valence-electron chi connectivity index (χ2n) is 8.37. The highest BCUT2D eigenvalue weighted by atomic mass is 16.2. The van der Waals surface area contributed by atoms with E-state index in [0.717, 1.165) is 37.3 Å². The third-order valence-electron chi connectivity index (χ3n) is 5.82. The molecular weight excluding hydrogens is 338 g/mol. The SMILES string of the molecule is CCCN1C[C@H]2CC[C@@H]1CN(C(=O)c1ccc(CNC(=O)C(C)C)cc1)C2. The van der Waals surface area contributed by atoms with Crippen LogP contribution in [0.5, 0.6) is 0 Å². The first-order chi connectivity index (χ1) is 13.0. The van der Waals surface area contributed by atoms with Gasteiger partial charge in [-0.15, -0.1) is 0 Å². The first-order valence-corrected chi connectivity index (χ1v) is 10.4. The molecule has 0 radical (unpaired) electrons. The van der Waals surface area contributed by atoms with Crippen molar-refractivity contribution < 1.29 is 9.59 Å². The third-order valence-corrected chi connectivity index (χ3v) is 5.82. The van der Waals surface area contributed by atoms with Crippen molar-refractivity contribution in [2.24, 2.45) is 11.8 Å². The predicted octanol–water partition coefficient (Wildman–Crippen LogP) is 2.91. The van der Waals surface area contributed by atoms with Crippen LogP contribution in [-0.4, -0.2) is 53.8 Å². The molecule has 1 aromatic rings. The van der Waals surface area contributed by atoms with E-state index in [1.54, 1.807) is 0 Å². The van der Waals surface area contributed by atoms with Crippen molar-refractivity contribution in [1.82, 2.24) is 15.1 Å². The topological polar surface area (TPSA) is 52.6 Å². The Morgan fingerprint density at radius 1 is 1.11 bits per heavy atom. The Morgan fingerprint density at radius 2 is 1.85 bits per heavy atom. The fourth-order valence-corrected chi connectivity index (χ4v) is 4.25. The maximum absolute atomic E-state index is 13.0. The summed E-state index contributed by atoms with van der Waals surface area (Å²) in [5, 5.41) is 2.92. The summed E-state index contributed by atoms with van der Waals surface area (Å²) >= 11 is 0. The normalized spacial score (nSPS) is 22.7. The lowest BCUT2D eigenvalue weighted by atomic mass is 9.95. The van der Waals surface area contributed by atoms with Crippen LogP contribution >= 0.6 is 0 Å². The summed E-state index contributed by atoms with van der Waals surface area (Å²) in [4.78, 5) is 29.4. The number of amides is 2. The second kappa shape index (κ2) is 8.87. The minimum atomic E-state index is -0.0171. The summed E-state index contributed by atoms with van der Waals surface area (Å²) < 4.78 is 0. The van der Waals surface area contributed by atoms with E-state index in [1.807, 2.05) is 38.1 Å². The first-order valence-electron chi connectivity index (χ1n) is 10.4. The molecule has 148 valence electrons. The Kier molecular flexibility index (Phi) is 6.53. The van der Waals surface area contributed by atoms with Crippen molar-refractivity contribution >= 4 is 11.8 Å². The van der Waals surface area contributed by atoms with Crippen LogP contribution in [0.3, 0.4) is 0 Å².